The number of nitrogens with one attached hydrogen (secondary N) is 1. The van der Waals surface area contributed by atoms with Crippen molar-refractivity contribution < 1.29 is 19.1 Å². The van der Waals surface area contributed by atoms with E-state index in [2.05, 4.69) is 5.32 Å². The third-order valence-corrected chi connectivity index (χ3v) is 5.36. The largest absolute Gasteiger partial charge is 0.463 e. The molecule has 0 bridgehead atoms. The number of allylic oxidation sites excluding steroid dienone is 3. The van der Waals surface area contributed by atoms with Crippen LogP contribution in [0.25, 0.3) is 0 Å². The number of hydrogen-bond donors (Lipinski definition) is 1. The SMILES string of the molecule is CCOC(=O)C1=C(C)NC2=C(C(=O)c3ccccc3C2=O)C1c1ccc(C)cc1. The highest BCUT2D eigenvalue weighted by Crippen LogP contribution is 2.43. The Kier molecular flexibility index (Phi) is 4.66. The second-order valence-corrected chi connectivity index (χ2v) is 7.22. The molecule has 0 spiro atoms. The van der Waals surface area contributed by atoms with E-state index in [1.807, 2.05) is 31.2 Å². The maximum absolute atomic E-state index is 13.5. The molecule has 1 aliphatic carbocycles. The minimum atomic E-state index is -0.671. The standard InChI is InChI=1S/C24H21NO4/c1-4-29-24(28)18-14(3)25-21-20(19(18)15-11-9-13(2)10-12-15)22(26)16-7-5-6-8-17(16)23(21)27/h5-12,19,25H,4H2,1-3H3. The van der Waals surface area contributed by atoms with E-state index in [-0.39, 0.29) is 23.9 Å². The molecule has 0 amide bonds. The molecule has 2 aliphatic rings. The lowest BCUT2D eigenvalue weighted by atomic mass is 9.73. The van der Waals surface area contributed by atoms with Gasteiger partial charge in [0.1, 0.15) is 0 Å². The lowest BCUT2D eigenvalue weighted by Crippen LogP contribution is -2.38. The molecule has 0 fully saturated rings. The molecule has 1 aliphatic heterocycles. The van der Waals surface area contributed by atoms with Crippen molar-refractivity contribution in [3.63, 3.8) is 0 Å². The Bertz CT molecular complexity index is 1110. The van der Waals surface area contributed by atoms with Crippen molar-refractivity contribution in [2.24, 2.45) is 0 Å². The van der Waals surface area contributed by atoms with Crippen molar-refractivity contribution in [3.05, 3.63) is 93.3 Å². The Morgan fingerprint density at radius 1 is 0.966 bits per heavy atom. The van der Waals surface area contributed by atoms with Crippen LogP contribution < -0.4 is 5.32 Å². The van der Waals surface area contributed by atoms with E-state index in [1.165, 1.54) is 0 Å². The van der Waals surface area contributed by atoms with Crippen LogP contribution in [0.5, 0.6) is 0 Å². The van der Waals surface area contributed by atoms with Crippen molar-refractivity contribution in [2.75, 3.05) is 6.61 Å². The Balaban J connectivity index is 1.95. The Labute approximate surface area is 169 Å². The van der Waals surface area contributed by atoms with Crippen LogP contribution in [0.3, 0.4) is 0 Å². The van der Waals surface area contributed by atoms with E-state index >= 15 is 0 Å². The monoisotopic (exact) mass is 387 g/mol. The highest BCUT2D eigenvalue weighted by molar-refractivity contribution is 6.28. The van der Waals surface area contributed by atoms with Crippen LogP contribution >= 0.6 is 0 Å². The van der Waals surface area contributed by atoms with Crippen LogP contribution in [0, 0.1) is 6.92 Å². The van der Waals surface area contributed by atoms with Crippen molar-refractivity contribution in [1.29, 1.82) is 0 Å². The number of aryl methyl sites for hydroxylation is 1. The number of ketones is 2. The maximum Gasteiger partial charge on any atom is 0.336 e. The summed E-state index contributed by atoms with van der Waals surface area (Å²) in [6.45, 7) is 5.66. The first kappa shape index (κ1) is 18.9. The number of dihydropyridines is 1. The number of esters is 1. The van der Waals surface area contributed by atoms with E-state index < -0.39 is 11.9 Å². The van der Waals surface area contributed by atoms with Gasteiger partial charge in [-0.2, -0.15) is 0 Å². The summed E-state index contributed by atoms with van der Waals surface area (Å²) in [6, 6.07) is 14.4. The normalized spacial score (nSPS) is 18.2. The molecule has 0 aromatic heterocycles. The van der Waals surface area contributed by atoms with E-state index in [4.69, 9.17) is 4.74 Å². The number of ether oxygens (including phenoxy) is 1. The number of benzene rings is 2. The van der Waals surface area contributed by atoms with Crippen LogP contribution in [0.4, 0.5) is 0 Å². The van der Waals surface area contributed by atoms with Crippen LogP contribution in [-0.2, 0) is 9.53 Å². The number of hydrogen-bond acceptors (Lipinski definition) is 5. The Hall–Kier alpha value is -3.47. The van der Waals surface area contributed by atoms with Crippen LogP contribution in [0.15, 0.2) is 71.1 Å². The zero-order chi connectivity index (χ0) is 20.7. The minimum absolute atomic E-state index is 0.220. The van der Waals surface area contributed by atoms with Crippen LogP contribution in [-0.4, -0.2) is 24.1 Å². The van der Waals surface area contributed by atoms with Gasteiger partial charge in [-0.25, -0.2) is 4.79 Å². The first-order chi connectivity index (χ1) is 13.9. The molecule has 1 N–H and O–H groups in total. The van der Waals surface area contributed by atoms with Crippen molar-refractivity contribution in [1.82, 2.24) is 5.32 Å². The van der Waals surface area contributed by atoms with Crippen molar-refractivity contribution in [2.45, 2.75) is 26.7 Å². The first-order valence-corrected chi connectivity index (χ1v) is 9.58. The van der Waals surface area contributed by atoms with Gasteiger partial charge < -0.3 is 10.1 Å². The third-order valence-electron chi connectivity index (χ3n) is 5.36. The zero-order valence-electron chi connectivity index (χ0n) is 16.5. The second kappa shape index (κ2) is 7.17. The summed E-state index contributed by atoms with van der Waals surface area (Å²) in [6.07, 6.45) is 0. The van der Waals surface area contributed by atoms with Gasteiger partial charge in [-0.15, -0.1) is 0 Å². The first-order valence-electron chi connectivity index (χ1n) is 9.58. The average molecular weight is 387 g/mol. The Morgan fingerprint density at radius 2 is 1.59 bits per heavy atom. The summed E-state index contributed by atoms with van der Waals surface area (Å²) in [5, 5.41) is 3.03. The number of rotatable bonds is 3. The van der Waals surface area contributed by atoms with Gasteiger partial charge in [-0.1, -0.05) is 54.1 Å². The fourth-order valence-electron chi connectivity index (χ4n) is 3.98. The van der Waals surface area contributed by atoms with Gasteiger partial charge in [0.05, 0.1) is 17.9 Å². The van der Waals surface area contributed by atoms with Crippen LogP contribution in [0.2, 0.25) is 0 Å². The van der Waals surface area contributed by atoms with E-state index in [1.54, 1.807) is 38.1 Å². The predicted octanol–water partition coefficient (Wildman–Crippen LogP) is 3.85. The molecule has 0 saturated heterocycles. The third kappa shape index (κ3) is 2.99. The number of carbonyl (C=O) groups is 3. The molecule has 1 unspecified atom stereocenters. The van der Waals surface area contributed by atoms with E-state index in [0.29, 0.717) is 28.0 Å². The Morgan fingerprint density at radius 3 is 2.21 bits per heavy atom. The van der Waals surface area contributed by atoms with Gasteiger partial charge in [0.25, 0.3) is 0 Å². The lowest BCUT2D eigenvalue weighted by Gasteiger charge is -2.34. The van der Waals surface area contributed by atoms with Gasteiger partial charge in [0, 0.05) is 28.3 Å². The molecule has 5 nitrogen and oxygen atoms in total. The van der Waals surface area contributed by atoms with E-state index in [0.717, 1.165) is 11.1 Å². The summed E-state index contributed by atoms with van der Waals surface area (Å²) >= 11 is 0. The molecule has 5 heteroatoms. The summed E-state index contributed by atoms with van der Waals surface area (Å²) in [4.78, 5) is 39.4. The van der Waals surface area contributed by atoms with Gasteiger partial charge in [-0.3, -0.25) is 9.59 Å². The van der Waals surface area contributed by atoms with Crippen molar-refractivity contribution >= 4 is 17.5 Å². The maximum atomic E-state index is 13.5. The fraction of sp³-hybridized carbons (Fsp3) is 0.208. The molecule has 29 heavy (non-hydrogen) atoms. The molecular formula is C24H21NO4. The van der Waals surface area contributed by atoms with Crippen LogP contribution in [0.1, 0.15) is 51.6 Å². The van der Waals surface area contributed by atoms with E-state index in [9.17, 15) is 14.4 Å². The highest BCUT2D eigenvalue weighted by Gasteiger charge is 2.43. The molecule has 0 radical (unpaired) electrons. The summed E-state index contributed by atoms with van der Waals surface area (Å²) in [7, 11) is 0. The lowest BCUT2D eigenvalue weighted by molar-refractivity contribution is -0.138. The number of fused-ring (bicyclic) bond motifs is 1. The van der Waals surface area contributed by atoms with Gasteiger partial charge >= 0.3 is 5.97 Å². The molecule has 1 atom stereocenters. The van der Waals surface area contributed by atoms with Gasteiger partial charge in [-0.05, 0) is 26.3 Å². The highest BCUT2D eigenvalue weighted by atomic mass is 16.5. The summed E-state index contributed by atoms with van der Waals surface area (Å²) in [5.74, 6) is -1.65. The fourth-order valence-corrected chi connectivity index (χ4v) is 3.98. The second-order valence-electron chi connectivity index (χ2n) is 7.22. The molecular weight excluding hydrogens is 366 g/mol. The quantitative estimate of drug-likeness (QED) is 0.810. The summed E-state index contributed by atoms with van der Waals surface area (Å²) in [5.41, 5.74) is 3.98. The molecule has 2 aromatic carbocycles. The van der Waals surface area contributed by atoms with Gasteiger partial charge in [0.15, 0.2) is 5.78 Å². The van der Waals surface area contributed by atoms with Gasteiger partial charge in [0.2, 0.25) is 5.78 Å². The smallest absolute Gasteiger partial charge is 0.336 e. The average Bonchev–Trinajstić information content (AvgIpc) is 2.72. The molecule has 1 heterocycles. The zero-order valence-corrected chi connectivity index (χ0v) is 16.5. The molecule has 0 saturated carbocycles. The summed E-state index contributed by atoms with van der Waals surface area (Å²) < 4.78 is 5.28. The number of Topliss-reactive ketones (excluding diaryl/α,β-unsaturated/α-hetero) is 2. The number of carbonyl (C=O) groups excluding carboxylic acids is 3. The van der Waals surface area contributed by atoms with Crippen molar-refractivity contribution in [3.8, 4) is 0 Å². The minimum Gasteiger partial charge on any atom is -0.463 e. The topological polar surface area (TPSA) is 72.5 Å². The molecule has 146 valence electrons. The molecule has 4 rings (SSSR count). The predicted molar refractivity (Wildman–Crippen MR) is 109 cm³/mol. The molecule has 2 aromatic rings.